The van der Waals surface area contributed by atoms with E-state index in [1.165, 1.54) is 17.9 Å². The quantitative estimate of drug-likeness (QED) is 0.546. The average Bonchev–Trinajstić information content (AvgIpc) is 2.57. The second-order valence-corrected chi connectivity index (χ2v) is 5.49. The summed E-state index contributed by atoms with van der Waals surface area (Å²) in [4.78, 5) is 37.1. The van der Waals surface area contributed by atoms with Crippen LogP contribution < -0.4 is 10.2 Å². The minimum absolute atomic E-state index is 0.0802. The number of benzene rings is 1. The maximum atomic E-state index is 12.3. The first kappa shape index (κ1) is 20.6. The van der Waals surface area contributed by atoms with Crippen molar-refractivity contribution in [3.63, 3.8) is 0 Å². The normalized spacial score (nSPS) is 10.2. The molecular weight excluding hydrogens is 324 g/mol. The number of carbonyl (C=O) groups is 3. The first-order chi connectivity index (χ1) is 11.9. The summed E-state index contributed by atoms with van der Waals surface area (Å²) in [5, 5.41) is 2.64. The third-order valence-corrected chi connectivity index (χ3v) is 3.42. The lowest BCUT2D eigenvalue weighted by molar-refractivity contribution is -0.122. The zero-order chi connectivity index (χ0) is 18.8. The molecule has 0 saturated carbocycles. The fourth-order valence-corrected chi connectivity index (χ4v) is 2.11. The van der Waals surface area contributed by atoms with Gasteiger partial charge in [0, 0.05) is 26.3 Å². The molecule has 0 fully saturated rings. The highest BCUT2D eigenvalue weighted by molar-refractivity contribution is 6.04. The van der Waals surface area contributed by atoms with Crippen molar-refractivity contribution >= 4 is 29.2 Å². The number of nitrogens with zero attached hydrogens (tertiary/aromatic N) is 1. The summed E-state index contributed by atoms with van der Waals surface area (Å²) in [6.07, 6.45) is 1.86. The van der Waals surface area contributed by atoms with Crippen LogP contribution in [-0.2, 0) is 19.1 Å². The maximum Gasteiger partial charge on any atom is 0.340 e. The molecule has 0 saturated heterocycles. The van der Waals surface area contributed by atoms with Crippen molar-refractivity contribution in [1.82, 2.24) is 0 Å². The van der Waals surface area contributed by atoms with E-state index in [0.717, 1.165) is 12.8 Å². The van der Waals surface area contributed by atoms with Gasteiger partial charge in [-0.1, -0.05) is 13.3 Å². The largest absolute Gasteiger partial charge is 0.462 e. The summed E-state index contributed by atoms with van der Waals surface area (Å²) in [7, 11) is 1.56. The predicted molar refractivity (Wildman–Crippen MR) is 95.8 cm³/mol. The third kappa shape index (κ3) is 6.54. The van der Waals surface area contributed by atoms with Gasteiger partial charge in [0.05, 0.1) is 17.9 Å². The van der Waals surface area contributed by atoms with E-state index in [1.54, 1.807) is 26.1 Å². The second kappa shape index (κ2) is 10.5. The van der Waals surface area contributed by atoms with Crippen molar-refractivity contribution in [2.45, 2.75) is 33.6 Å². The van der Waals surface area contributed by atoms with E-state index < -0.39 is 5.97 Å². The first-order valence-electron chi connectivity index (χ1n) is 8.33. The SMILES string of the molecule is CCCCOCC(=O)N(C)c1cc(NC(C)=O)ccc1C(=O)OCC. The maximum absolute atomic E-state index is 12.3. The molecule has 0 bridgehead atoms. The molecule has 0 heterocycles. The van der Waals surface area contributed by atoms with Crippen LogP contribution in [0.25, 0.3) is 0 Å². The number of nitrogens with one attached hydrogen (secondary N) is 1. The van der Waals surface area contributed by atoms with Crippen LogP contribution in [0.1, 0.15) is 44.0 Å². The molecule has 2 amide bonds. The summed E-state index contributed by atoms with van der Waals surface area (Å²) in [5.74, 6) is -1.06. The van der Waals surface area contributed by atoms with Gasteiger partial charge in [0.1, 0.15) is 6.61 Å². The third-order valence-electron chi connectivity index (χ3n) is 3.42. The Kier molecular flexibility index (Phi) is 8.63. The van der Waals surface area contributed by atoms with E-state index in [0.29, 0.717) is 18.0 Å². The molecule has 1 rings (SSSR count). The van der Waals surface area contributed by atoms with Crippen molar-refractivity contribution in [3.8, 4) is 0 Å². The molecule has 0 aromatic heterocycles. The van der Waals surface area contributed by atoms with Gasteiger partial charge in [0.15, 0.2) is 0 Å². The van der Waals surface area contributed by atoms with E-state index >= 15 is 0 Å². The summed E-state index contributed by atoms with van der Waals surface area (Å²) >= 11 is 0. The Bertz CT molecular complexity index is 615. The second-order valence-electron chi connectivity index (χ2n) is 5.49. The Labute approximate surface area is 148 Å². The zero-order valence-electron chi connectivity index (χ0n) is 15.3. The fraction of sp³-hybridized carbons (Fsp3) is 0.500. The molecule has 0 aliphatic rings. The average molecular weight is 350 g/mol. The summed E-state index contributed by atoms with van der Waals surface area (Å²) in [6.45, 7) is 5.78. The van der Waals surface area contributed by atoms with Gasteiger partial charge in [-0.25, -0.2) is 4.79 Å². The minimum atomic E-state index is -0.529. The smallest absolute Gasteiger partial charge is 0.340 e. The summed E-state index contributed by atoms with van der Waals surface area (Å²) in [5.41, 5.74) is 1.09. The van der Waals surface area contributed by atoms with Crippen LogP contribution in [0.3, 0.4) is 0 Å². The van der Waals surface area contributed by atoms with Gasteiger partial charge in [0.2, 0.25) is 5.91 Å². The highest BCUT2D eigenvalue weighted by Crippen LogP contribution is 2.25. The molecular formula is C18H26N2O5. The highest BCUT2D eigenvalue weighted by atomic mass is 16.5. The lowest BCUT2D eigenvalue weighted by atomic mass is 10.1. The number of hydrogen-bond donors (Lipinski definition) is 1. The van der Waals surface area contributed by atoms with Crippen LogP contribution in [0.4, 0.5) is 11.4 Å². The van der Waals surface area contributed by atoms with Gasteiger partial charge in [-0.15, -0.1) is 0 Å². The topological polar surface area (TPSA) is 84.9 Å². The Morgan fingerprint density at radius 1 is 1.20 bits per heavy atom. The molecule has 1 aromatic carbocycles. The van der Waals surface area contributed by atoms with Crippen molar-refractivity contribution < 1.29 is 23.9 Å². The molecule has 0 aliphatic heterocycles. The predicted octanol–water partition coefficient (Wildman–Crippen LogP) is 2.60. The molecule has 0 spiro atoms. The number of rotatable bonds is 9. The highest BCUT2D eigenvalue weighted by Gasteiger charge is 2.20. The summed E-state index contributed by atoms with van der Waals surface area (Å²) < 4.78 is 10.4. The molecule has 0 unspecified atom stereocenters. The van der Waals surface area contributed by atoms with Crippen LogP contribution in [0.5, 0.6) is 0 Å². The zero-order valence-corrected chi connectivity index (χ0v) is 15.3. The standard InChI is InChI=1S/C18H26N2O5/c1-5-7-10-24-12-17(22)20(4)16-11-14(19-13(3)21)8-9-15(16)18(23)25-6-2/h8-9,11H,5-7,10,12H2,1-4H3,(H,19,21). The molecule has 7 heteroatoms. The van der Waals surface area contributed by atoms with Crippen LogP contribution in [-0.4, -0.2) is 44.7 Å². The number of ether oxygens (including phenoxy) is 2. The number of likely N-dealkylation sites (N-methyl/N-ethyl adjacent to an activating group) is 1. The summed E-state index contributed by atoms with van der Waals surface area (Å²) in [6, 6.07) is 4.69. The van der Waals surface area contributed by atoms with Crippen LogP contribution in [0.15, 0.2) is 18.2 Å². The van der Waals surface area contributed by atoms with Crippen LogP contribution >= 0.6 is 0 Å². The molecule has 7 nitrogen and oxygen atoms in total. The van der Waals surface area contributed by atoms with Gasteiger partial charge in [-0.3, -0.25) is 9.59 Å². The van der Waals surface area contributed by atoms with Crippen LogP contribution in [0.2, 0.25) is 0 Å². The fourth-order valence-electron chi connectivity index (χ4n) is 2.11. The van der Waals surface area contributed by atoms with E-state index in [9.17, 15) is 14.4 Å². The van der Waals surface area contributed by atoms with E-state index in [-0.39, 0.29) is 30.6 Å². The van der Waals surface area contributed by atoms with Gasteiger partial charge in [-0.2, -0.15) is 0 Å². The van der Waals surface area contributed by atoms with Gasteiger partial charge < -0.3 is 19.7 Å². The van der Waals surface area contributed by atoms with E-state index in [2.05, 4.69) is 5.32 Å². The van der Waals surface area contributed by atoms with Gasteiger partial charge >= 0.3 is 5.97 Å². The number of carbonyl (C=O) groups excluding carboxylic acids is 3. The van der Waals surface area contributed by atoms with E-state index in [1.807, 2.05) is 6.92 Å². The van der Waals surface area contributed by atoms with Crippen molar-refractivity contribution in [2.24, 2.45) is 0 Å². The van der Waals surface area contributed by atoms with E-state index in [4.69, 9.17) is 9.47 Å². The molecule has 138 valence electrons. The molecule has 25 heavy (non-hydrogen) atoms. The lowest BCUT2D eigenvalue weighted by Gasteiger charge is -2.21. The molecule has 1 N–H and O–H groups in total. The Morgan fingerprint density at radius 2 is 1.92 bits per heavy atom. The molecule has 0 radical (unpaired) electrons. The number of unbranched alkanes of at least 4 members (excludes halogenated alkanes) is 1. The van der Waals surface area contributed by atoms with Crippen molar-refractivity contribution in [1.29, 1.82) is 0 Å². The molecule has 0 atom stereocenters. The first-order valence-corrected chi connectivity index (χ1v) is 8.33. The van der Waals surface area contributed by atoms with Crippen molar-refractivity contribution in [2.75, 3.05) is 37.1 Å². The number of hydrogen-bond acceptors (Lipinski definition) is 5. The number of esters is 1. The van der Waals surface area contributed by atoms with Gasteiger partial charge in [-0.05, 0) is 31.5 Å². The van der Waals surface area contributed by atoms with Crippen molar-refractivity contribution in [3.05, 3.63) is 23.8 Å². The Hall–Kier alpha value is -2.41. The number of amides is 2. The monoisotopic (exact) mass is 350 g/mol. The lowest BCUT2D eigenvalue weighted by Crippen LogP contribution is -2.32. The molecule has 0 aliphatic carbocycles. The minimum Gasteiger partial charge on any atom is -0.462 e. The number of anilines is 2. The molecule has 1 aromatic rings. The Balaban J connectivity index is 3.03. The Morgan fingerprint density at radius 3 is 2.52 bits per heavy atom. The van der Waals surface area contributed by atoms with Gasteiger partial charge in [0.25, 0.3) is 5.91 Å². The van der Waals surface area contributed by atoms with Crippen LogP contribution in [0, 0.1) is 0 Å².